The number of hydrogen-bond acceptors (Lipinski definition) is 0. The number of rotatable bonds is 4. The van der Waals surface area contributed by atoms with Gasteiger partial charge in [0.2, 0.25) is 0 Å². The highest BCUT2D eigenvalue weighted by Crippen LogP contribution is 2.46. The second kappa shape index (κ2) is 12.4. The van der Waals surface area contributed by atoms with Crippen LogP contribution in [-0.2, 0) is 0 Å². The maximum absolute atomic E-state index is 2.47. The van der Waals surface area contributed by atoms with Crippen LogP contribution in [0.3, 0.4) is 0 Å². The first-order valence-electron chi connectivity index (χ1n) is 10.3. The van der Waals surface area contributed by atoms with E-state index >= 15 is 0 Å². The smallest absolute Gasteiger partial charge is 0.0383 e. The molecule has 0 nitrogen and oxygen atoms in total. The van der Waals surface area contributed by atoms with Crippen molar-refractivity contribution < 1.29 is 0 Å². The van der Waals surface area contributed by atoms with Gasteiger partial charge >= 0.3 is 0 Å². The Morgan fingerprint density at radius 1 is 0.652 bits per heavy atom. The topological polar surface area (TPSA) is 0 Å². The predicted molar refractivity (Wildman–Crippen MR) is 108 cm³/mol. The van der Waals surface area contributed by atoms with Crippen molar-refractivity contribution in [3.05, 3.63) is 0 Å². The quantitative estimate of drug-likeness (QED) is 0.486. The van der Waals surface area contributed by atoms with E-state index in [1.165, 1.54) is 32.1 Å². The molecule has 0 aliphatic heterocycles. The van der Waals surface area contributed by atoms with Crippen LogP contribution in [0, 0.1) is 29.6 Å². The lowest BCUT2D eigenvalue weighted by atomic mass is 9.79. The summed E-state index contributed by atoms with van der Waals surface area (Å²) in [5.74, 6) is 5.52. The zero-order chi connectivity index (χ0) is 15.1. The standard InChI is InChI=1S/C19H34.C2H6.2CH4/c1-15-6-4-7-16(12-15)8-5-9-17-13-18-10-2-3-11-19(18)14-17;1-2;;/h15-19H,2-14H2,1H3;1-2H3;2*1H4/t15-,16-,17?,18+,19?;;;/m0.../s1. The summed E-state index contributed by atoms with van der Waals surface area (Å²) in [6.45, 7) is 6.47. The Bertz CT molecular complexity index is 255. The molecule has 140 valence electrons. The van der Waals surface area contributed by atoms with E-state index in [2.05, 4.69) is 6.92 Å². The van der Waals surface area contributed by atoms with Crippen LogP contribution in [0.4, 0.5) is 0 Å². The minimum absolute atomic E-state index is 0. The van der Waals surface area contributed by atoms with Crippen LogP contribution >= 0.6 is 0 Å². The molecule has 0 aromatic heterocycles. The molecule has 0 amide bonds. The number of fused-ring (bicyclic) bond motifs is 1. The molecule has 3 aliphatic rings. The summed E-state index contributed by atoms with van der Waals surface area (Å²) in [6, 6.07) is 0. The van der Waals surface area contributed by atoms with Crippen molar-refractivity contribution in [3.8, 4) is 0 Å². The first-order chi connectivity index (χ1) is 10.3. The molecule has 0 heteroatoms. The van der Waals surface area contributed by atoms with Crippen molar-refractivity contribution in [2.45, 2.75) is 119 Å². The van der Waals surface area contributed by atoms with Crippen LogP contribution in [0.1, 0.15) is 119 Å². The summed E-state index contributed by atoms with van der Waals surface area (Å²) in [5.41, 5.74) is 0. The molecule has 3 saturated carbocycles. The molecule has 0 aromatic rings. The van der Waals surface area contributed by atoms with Crippen molar-refractivity contribution in [3.63, 3.8) is 0 Å². The van der Waals surface area contributed by atoms with Crippen LogP contribution in [0.5, 0.6) is 0 Å². The SMILES string of the molecule is C.C.CC.C[C@H]1CCC[C@@H](CCCC2CC3CCCC[C@@H]3C2)C1. The van der Waals surface area contributed by atoms with Crippen molar-refractivity contribution in [2.75, 3.05) is 0 Å². The Morgan fingerprint density at radius 3 is 1.78 bits per heavy atom. The first-order valence-corrected chi connectivity index (χ1v) is 10.3. The summed E-state index contributed by atoms with van der Waals surface area (Å²) < 4.78 is 0. The van der Waals surface area contributed by atoms with Crippen molar-refractivity contribution in [1.29, 1.82) is 0 Å². The van der Waals surface area contributed by atoms with Gasteiger partial charge in [0.15, 0.2) is 0 Å². The van der Waals surface area contributed by atoms with Gasteiger partial charge in [-0.3, -0.25) is 0 Å². The van der Waals surface area contributed by atoms with Crippen LogP contribution in [0.15, 0.2) is 0 Å². The van der Waals surface area contributed by atoms with Crippen LogP contribution in [0.25, 0.3) is 0 Å². The fourth-order valence-electron chi connectivity index (χ4n) is 5.61. The van der Waals surface area contributed by atoms with Gasteiger partial charge in [-0.1, -0.05) is 99.8 Å². The third-order valence-electron chi connectivity index (χ3n) is 6.61. The molecule has 3 rings (SSSR count). The fourth-order valence-corrected chi connectivity index (χ4v) is 5.61. The van der Waals surface area contributed by atoms with Gasteiger partial charge in [-0.05, 0) is 48.9 Å². The normalized spacial score (nSPS) is 35.9. The molecule has 0 radical (unpaired) electrons. The fraction of sp³-hybridized carbons (Fsp3) is 1.00. The van der Waals surface area contributed by atoms with E-state index in [4.69, 9.17) is 0 Å². The molecule has 0 aromatic carbocycles. The summed E-state index contributed by atoms with van der Waals surface area (Å²) in [5, 5.41) is 0. The highest BCUT2D eigenvalue weighted by atomic mass is 14.4. The van der Waals surface area contributed by atoms with Gasteiger partial charge in [0.1, 0.15) is 0 Å². The molecule has 2 unspecified atom stereocenters. The van der Waals surface area contributed by atoms with Gasteiger partial charge in [-0.2, -0.15) is 0 Å². The lowest BCUT2D eigenvalue weighted by Gasteiger charge is -2.27. The van der Waals surface area contributed by atoms with E-state index < -0.39 is 0 Å². The van der Waals surface area contributed by atoms with Gasteiger partial charge < -0.3 is 0 Å². The Labute approximate surface area is 149 Å². The summed E-state index contributed by atoms with van der Waals surface area (Å²) in [6.07, 6.45) is 20.2. The van der Waals surface area contributed by atoms with Gasteiger partial charge in [-0.25, -0.2) is 0 Å². The third kappa shape index (κ3) is 7.18. The van der Waals surface area contributed by atoms with Gasteiger partial charge in [0, 0.05) is 0 Å². The third-order valence-corrected chi connectivity index (χ3v) is 6.61. The van der Waals surface area contributed by atoms with Gasteiger partial charge in [0.05, 0.1) is 0 Å². The Hall–Kier alpha value is 0. The van der Waals surface area contributed by atoms with E-state index in [0.717, 1.165) is 29.6 Å². The summed E-state index contributed by atoms with van der Waals surface area (Å²) in [7, 11) is 0. The van der Waals surface area contributed by atoms with E-state index in [9.17, 15) is 0 Å². The highest BCUT2D eigenvalue weighted by Gasteiger charge is 2.35. The molecule has 3 aliphatic carbocycles. The van der Waals surface area contributed by atoms with Crippen molar-refractivity contribution >= 4 is 0 Å². The van der Waals surface area contributed by atoms with E-state index in [-0.39, 0.29) is 14.9 Å². The molecule has 3 fully saturated rings. The lowest BCUT2D eigenvalue weighted by molar-refractivity contribution is 0.259. The van der Waals surface area contributed by atoms with Crippen LogP contribution in [0.2, 0.25) is 0 Å². The van der Waals surface area contributed by atoms with Gasteiger partial charge in [-0.15, -0.1) is 0 Å². The second-order valence-electron chi connectivity index (χ2n) is 8.21. The lowest BCUT2D eigenvalue weighted by Crippen LogP contribution is -2.13. The molecule has 0 saturated heterocycles. The Balaban J connectivity index is 0.00000117. The molecule has 5 atom stereocenters. The summed E-state index contributed by atoms with van der Waals surface area (Å²) >= 11 is 0. The van der Waals surface area contributed by atoms with Crippen LogP contribution in [-0.4, -0.2) is 0 Å². The monoisotopic (exact) mass is 324 g/mol. The maximum atomic E-state index is 2.47. The number of hydrogen-bond donors (Lipinski definition) is 0. The van der Waals surface area contributed by atoms with Gasteiger partial charge in [0.25, 0.3) is 0 Å². The molecule has 0 N–H and O–H groups in total. The predicted octanol–water partition coefficient (Wildman–Crippen LogP) is 8.50. The molecule has 0 heterocycles. The Kier molecular flexibility index (Phi) is 12.4. The molecular weight excluding hydrogens is 276 g/mol. The average Bonchev–Trinajstić information content (AvgIpc) is 2.92. The molecular formula is C23H48. The minimum Gasteiger partial charge on any atom is -0.0776 e. The van der Waals surface area contributed by atoms with E-state index in [1.807, 2.05) is 13.8 Å². The second-order valence-corrected chi connectivity index (χ2v) is 8.21. The van der Waals surface area contributed by atoms with Crippen LogP contribution < -0.4 is 0 Å². The molecule has 0 spiro atoms. The first kappa shape index (κ1) is 23.0. The largest absolute Gasteiger partial charge is 0.0776 e. The zero-order valence-corrected chi connectivity index (χ0v) is 15.1. The average molecular weight is 325 g/mol. The van der Waals surface area contributed by atoms with Crippen molar-refractivity contribution in [2.24, 2.45) is 29.6 Å². The highest BCUT2D eigenvalue weighted by molar-refractivity contribution is 4.86. The maximum Gasteiger partial charge on any atom is -0.0383 e. The minimum atomic E-state index is 0. The molecule has 23 heavy (non-hydrogen) atoms. The zero-order valence-electron chi connectivity index (χ0n) is 15.1. The Morgan fingerprint density at radius 2 is 1.22 bits per heavy atom. The summed E-state index contributed by atoms with van der Waals surface area (Å²) in [4.78, 5) is 0. The van der Waals surface area contributed by atoms with E-state index in [0.29, 0.717) is 0 Å². The molecule has 0 bridgehead atoms. The van der Waals surface area contributed by atoms with E-state index in [1.54, 1.807) is 51.4 Å². The van der Waals surface area contributed by atoms with Crippen molar-refractivity contribution in [1.82, 2.24) is 0 Å².